The molecule has 0 radical (unpaired) electrons. The second-order valence-corrected chi connectivity index (χ2v) is 8.82. The van der Waals surface area contributed by atoms with Gasteiger partial charge in [0.1, 0.15) is 5.82 Å². The molecule has 25 heavy (non-hydrogen) atoms. The van der Waals surface area contributed by atoms with Gasteiger partial charge in [0.15, 0.2) is 9.84 Å². The fourth-order valence-electron chi connectivity index (χ4n) is 3.63. The van der Waals surface area contributed by atoms with Crippen LogP contribution in [0.4, 0.5) is 4.39 Å². The van der Waals surface area contributed by atoms with Crippen molar-refractivity contribution in [2.24, 2.45) is 11.1 Å². The highest BCUT2D eigenvalue weighted by atomic mass is 35.5. The Labute approximate surface area is 151 Å². The van der Waals surface area contributed by atoms with Crippen LogP contribution in [0.1, 0.15) is 11.5 Å². The number of halogens is 2. The lowest BCUT2D eigenvalue weighted by molar-refractivity contribution is 0.142. The molecule has 0 aromatic heterocycles. The third kappa shape index (κ3) is 3.08. The van der Waals surface area contributed by atoms with Gasteiger partial charge in [-0.1, -0.05) is 23.7 Å². The molecule has 3 rings (SSSR count). The predicted octanol–water partition coefficient (Wildman–Crippen LogP) is 3.01. The van der Waals surface area contributed by atoms with Crippen molar-refractivity contribution in [2.75, 3.05) is 20.3 Å². The molecule has 7 heteroatoms. The first-order chi connectivity index (χ1) is 11.9. The average Bonchev–Trinajstić information content (AvgIpc) is 3.26. The van der Waals surface area contributed by atoms with E-state index in [4.69, 9.17) is 22.1 Å². The minimum atomic E-state index is -3.64. The van der Waals surface area contributed by atoms with Crippen LogP contribution in [0, 0.1) is 11.2 Å². The normalized spacial score (nSPS) is 25.8. The fourth-order valence-corrected chi connectivity index (χ4v) is 6.20. The van der Waals surface area contributed by atoms with E-state index in [1.165, 1.54) is 31.4 Å². The van der Waals surface area contributed by atoms with Crippen LogP contribution in [0.2, 0.25) is 5.02 Å². The number of sulfone groups is 1. The van der Waals surface area contributed by atoms with Crippen molar-refractivity contribution in [3.05, 3.63) is 64.9 Å². The zero-order valence-electron chi connectivity index (χ0n) is 13.7. The van der Waals surface area contributed by atoms with Crippen LogP contribution >= 0.6 is 11.6 Å². The van der Waals surface area contributed by atoms with E-state index in [2.05, 4.69) is 0 Å². The summed E-state index contributed by atoms with van der Waals surface area (Å²) in [5.74, 6) is -0.717. The van der Waals surface area contributed by atoms with E-state index in [0.717, 1.165) is 5.56 Å². The quantitative estimate of drug-likeness (QED) is 0.832. The minimum absolute atomic E-state index is 0.153. The Kier molecular flexibility index (Phi) is 4.90. The lowest BCUT2D eigenvalue weighted by Crippen LogP contribution is -2.28. The molecule has 0 saturated heterocycles. The van der Waals surface area contributed by atoms with Gasteiger partial charge in [-0.3, -0.25) is 0 Å². The highest BCUT2D eigenvalue weighted by molar-refractivity contribution is 7.92. The molecule has 1 saturated carbocycles. The molecule has 2 aromatic carbocycles. The Balaban J connectivity index is 2.05. The van der Waals surface area contributed by atoms with Crippen molar-refractivity contribution < 1.29 is 17.5 Å². The number of nitrogens with two attached hydrogens (primary N) is 1. The molecule has 0 bridgehead atoms. The Morgan fingerprint density at radius 2 is 1.76 bits per heavy atom. The molecule has 134 valence electrons. The van der Waals surface area contributed by atoms with Gasteiger partial charge in [0.05, 0.1) is 16.8 Å². The predicted molar refractivity (Wildman–Crippen MR) is 94.9 cm³/mol. The zero-order chi connectivity index (χ0) is 18.2. The molecule has 3 atom stereocenters. The van der Waals surface area contributed by atoms with Crippen LogP contribution < -0.4 is 5.73 Å². The highest BCUT2D eigenvalue weighted by Gasteiger charge is 2.70. The third-order valence-electron chi connectivity index (χ3n) is 4.88. The molecule has 0 aliphatic heterocycles. The number of rotatable bonds is 6. The van der Waals surface area contributed by atoms with Gasteiger partial charge in [0.25, 0.3) is 0 Å². The second-order valence-electron chi connectivity index (χ2n) is 6.32. The van der Waals surface area contributed by atoms with Crippen molar-refractivity contribution in [1.29, 1.82) is 0 Å². The molecule has 2 N–H and O–H groups in total. The maximum absolute atomic E-state index is 13.2. The van der Waals surface area contributed by atoms with Gasteiger partial charge in [0, 0.05) is 30.0 Å². The average molecular weight is 384 g/mol. The Bertz CT molecular complexity index is 855. The van der Waals surface area contributed by atoms with Gasteiger partial charge in [-0.25, -0.2) is 12.8 Å². The van der Waals surface area contributed by atoms with Gasteiger partial charge in [0.2, 0.25) is 0 Å². The van der Waals surface area contributed by atoms with Gasteiger partial charge in [-0.2, -0.15) is 0 Å². The lowest BCUT2D eigenvalue weighted by Gasteiger charge is -2.15. The Hall–Kier alpha value is -1.47. The highest BCUT2D eigenvalue weighted by Crippen LogP contribution is 2.63. The largest absolute Gasteiger partial charge is 0.384 e. The molecule has 1 fully saturated rings. The molecular formula is C18H19ClFNO3S. The first-order valence-corrected chi connectivity index (χ1v) is 9.73. The van der Waals surface area contributed by atoms with E-state index >= 15 is 0 Å². The van der Waals surface area contributed by atoms with E-state index < -0.39 is 20.5 Å². The van der Waals surface area contributed by atoms with Gasteiger partial charge >= 0.3 is 0 Å². The fraction of sp³-hybridized carbons (Fsp3) is 0.333. The van der Waals surface area contributed by atoms with E-state index in [9.17, 15) is 12.8 Å². The first kappa shape index (κ1) is 18.3. The van der Waals surface area contributed by atoms with Crippen LogP contribution in [0.3, 0.4) is 0 Å². The summed E-state index contributed by atoms with van der Waals surface area (Å²) in [6.07, 6.45) is 0. The second kappa shape index (κ2) is 6.68. The number of benzene rings is 2. The summed E-state index contributed by atoms with van der Waals surface area (Å²) in [5.41, 5.74) is 5.97. The maximum atomic E-state index is 13.2. The zero-order valence-corrected chi connectivity index (χ0v) is 15.2. The van der Waals surface area contributed by atoms with Crippen molar-refractivity contribution in [2.45, 2.75) is 16.1 Å². The summed E-state index contributed by atoms with van der Waals surface area (Å²) in [6, 6.07) is 11.9. The third-order valence-corrected chi connectivity index (χ3v) is 7.47. The van der Waals surface area contributed by atoms with E-state index in [1.54, 1.807) is 24.3 Å². The topological polar surface area (TPSA) is 69.4 Å². The number of methoxy groups -OCH3 is 1. The summed E-state index contributed by atoms with van der Waals surface area (Å²) in [4.78, 5) is 0.195. The molecule has 1 aliphatic rings. The van der Waals surface area contributed by atoms with Crippen LogP contribution in [0.25, 0.3) is 0 Å². The van der Waals surface area contributed by atoms with Crippen molar-refractivity contribution >= 4 is 21.4 Å². The van der Waals surface area contributed by atoms with Crippen molar-refractivity contribution in [1.82, 2.24) is 0 Å². The molecule has 2 aromatic rings. The number of hydrogen-bond acceptors (Lipinski definition) is 4. The molecule has 0 spiro atoms. The van der Waals surface area contributed by atoms with Crippen LogP contribution in [-0.4, -0.2) is 33.9 Å². The monoisotopic (exact) mass is 383 g/mol. The smallest absolute Gasteiger partial charge is 0.182 e. The minimum Gasteiger partial charge on any atom is -0.384 e. The van der Waals surface area contributed by atoms with Gasteiger partial charge < -0.3 is 10.5 Å². The van der Waals surface area contributed by atoms with Gasteiger partial charge in [-0.15, -0.1) is 0 Å². The molecule has 3 unspecified atom stereocenters. The summed E-state index contributed by atoms with van der Waals surface area (Å²) >= 11 is 5.86. The molecule has 4 nitrogen and oxygen atoms in total. The Morgan fingerprint density at radius 1 is 1.16 bits per heavy atom. The molecule has 0 heterocycles. The van der Waals surface area contributed by atoms with Crippen LogP contribution in [-0.2, 0) is 14.6 Å². The van der Waals surface area contributed by atoms with Gasteiger partial charge in [-0.05, 0) is 42.0 Å². The SMILES string of the molecule is COCC1(CN)C(c2ccc(F)cc2)C1S(=O)(=O)c1ccc(Cl)cc1. The number of hydrogen-bond donors (Lipinski definition) is 1. The molecule has 1 aliphatic carbocycles. The van der Waals surface area contributed by atoms with Crippen molar-refractivity contribution in [3.63, 3.8) is 0 Å². The summed E-state index contributed by atoms with van der Waals surface area (Å²) in [7, 11) is -2.13. The van der Waals surface area contributed by atoms with Crippen LogP contribution in [0.5, 0.6) is 0 Å². The standard InChI is InChI=1S/C18H19ClFNO3S/c1-24-11-18(10-21)16(12-2-6-14(20)7-3-12)17(18)25(22,23)15-8-4-13(19)5-9-15/h2-9,16-17H,10-11,21H2,1H3. The van der Waals surface area contributed by atoms with Crippen molar-refractivity contribution in [3.8, 4) is 0 Å². The summed E-state index contributed by atoms with van der Waals surface area (Å²) < 4.78 is 44.9. The summed E-state index contributed by atoms with van der Waals surface area (Å²) in [5, 5.41) is -0.261. The first-order valence-electron chi connectivity index (χ1n) is 7.81. The van der Waals surface area contributed by atoms with Crippen LogP contribution in [0.15, 0.2) is 53.4 Å². The lowest BCUT2D eigenvalue weighted by atomic mass is 10.00. The maximum Gasteiger partial charge on any atom is 0.182 e. The molecular weight excluding hydrogens is 365 g/mol. The van der Waals surface area contributed by atoms with E-state index in [1.807, 2.05) is 0 Å². The van der Waals surface area contributed by atoms with E-state index in [-0.39, 0.29) is 29.8 Å². The molecule has 0 amide bonds. The Morgan fingerprint density at radius 3 is 2.28 bits per heavy atom. The van der Waals surface area contributed by atoms with E-state index in [0.29, 0.717) is 5.02 Å². The summed E-state index contributed by atoms with van der Waals surface area (Å²) in [6.45, 7) is 0.364. The number of ether oxygens (including phenoxy) is 1.